The minimum Gasteiger partial charge on any atom is -0.478 e. The number of nitrogens with one attached hydrogen (secondary N) is 1. The predicted octanol–water partition coefficient (Wildman–Crippen LogP) is 4.14. The summed E-state index contributed by atoms with van der Waals surface area (Å²) in [4.78, 5) is 24.4. The number of aryl methyl sites for hydroxylation is 3. The number of carbonyl (C=O) groups excluding carboxylic acids is 1. The van der Waals surface area contributed by atoms with Gasteiger partial charge in [0.1, 0.15) is 6.54 Å². The molecule has 0 spiro atoms. The van der Waals surface area contributed by atoms with Crippen LogP contribution in [0.5, 0.6) is 0 Å². The average molecular weight is 453 g/mol. The van der Waals surface area contributed by atoms with Gasteiger partial charge in [-0.1, -0.05) is 47.5 Å². The number of para-hydroxylation sites is 1. The van der Waals surface area contributed by atoms with Crippen LogP contribution in [-0.2, 0) is 14.8 Å². The quantitative estimate of drug-likeness (QED) is 0.561. The first-order valence-corrected chi connectivity index (χ1v) is 11.3. The van der Waals surface area contributed by atoms with E-state index in [0.717, 1.165) is 15.4 Å². The van der Waals surface area contributed by atoms with E-state index in [4.69, 9.17) is 0 Å². The number of sulfonamides is 1. The lowest BCUT2D eigenvalue weighted by molar-refractivity contribution is -0.114. The lowest BCUT2D eigenvalue weighted by atomic mass is 10.1. The van der Waals surface area contributed by atoms with Gasteiger partial charge in [-0.25, -0.2) is 13.2 Å². The largest absolute Gasteiger partial charge is 0.478 e. The molecular weight excluding hydrogens is 428 g/mol. The standard InChI is InChI=1S/C24H24N2O5S/c1-16-8-11-19(12-9-16)32(30,31)26(22-13-10-17(2)14-18(22)3)15-23(27)25-21-7-5-4-6-20(21)24(28)29/h4-14H,15H2,1-3H3,(H,25,27)(H,28,29). The van der Waals surface area contributed by atoms with Crippen LogP contribution < -0.4 is 9.62 Å². The summed E-state index contributed by atoms with van der Waals surface area (Å²) in [5, 5.41) is 11.9. The predicted molar refractivity (Wildman–Crippen MR) is 124 cm³/mol. The Hall–Kier alpha value is -3.65. The van der Waals surface area contributed by atoms with Gasteiger partial charge in [-0.2, -0.15) is 0 Å². The molecule has 7 nitrogen and oxygen atoms in total. The summed E-state index contributed by atoms with van der Waals surface area (Å²) in [6.07, 6.45) is 0. The van der Waals surface area contributed by atoms with E-state index in [2.05, 4.69) is 5.32 Å². The Morgan fingerprint density at radius 3 is 2.16 bits per heavy atom. The van der Waals surface area contributed by atoms with Gasteiger partial charge in [-0.3, -0.25) is 9.10 Å². The van der Waals surface area contributed by atoms with Gasteiger partial charge in [0.05, 0.1) is 21.8 Å². The third-order valence-corrected chi connectivity index (χ3v) is 6.72. The normalized spacial score (nSPS) is 11.1. The molecule has 166 valence electrons. The van der Waals surface area contributed by atoms with Crippen LogP contribution in [-0.4, -0.2) is 31.9 Å². The Labute approximate surface area is 187 Å². The number of carboxylic acids is 1. The van der Waals surface area contributed by atoms with Gasteiger partial charge in [0.15, 0.2) is 0 Å². The SMILES string of the molecule is Cc1ccc(S(=O)(=O)N(CC(=O)Nc2ccccc2C(=O)O)c2ccc(C)cc2C)cc1. The van der Waals surface area contributed by atoms with Crippen molar-refractivity contribution in [1.29, 1.82) is 0 Å². The van der Waals surface area contributed by atoms with Crippen molar-refractivity contribution in [2.75, 3.05) is 16.2 Å². The zero-order valence-electron chi connectivity index (χ0n) is 18.0. The fourth-order valence-electron chi connectivity index (χ4n) is 3.32. The van der Waals surface area contributed by atoms with Crippen molar-refractivity contribution in [1.82, 2.24) is 0 Å². The van der Waals surface area contributed by atoms with E-state index in [0.29, 0.717) is 11.3 Å². The molecule has 0 fully saturated rings. The molecule has 0 aliphatic heterocycles. The van der Waals surface area contributed by atoms with Crippen molar-refractivity contribution in [2.45, 2.75) is 25.7 Å². The summed E-state index contributed by atoms with van der Waals surface area (Å²) in [7, 11) is -4.06. The molecule has 1 amide bonds. The molecule has 8 heteroatoms. The van der Waals surface area contributed by atoms with E-state index >= 15 is 0 Å². The van der Waals surface area contributed by atoms with E-state index in [1.807, 2.05) is 19.9 Å². The maximum Gasteiger partial charge on any atom is 0.337 e. The first kappa shape index (κ1) is 23.0. The maximum absolute atomic E-state index is 13.5. The van der Waals surface area contributed by atoms with Crippen LogP contribution in [0, 0.1) is 20.8 Å². The van der Waals surface area contributed by atoms with Gasteiger partial charge in [0.25, 0.3) is 10.0 Å². The Bertz CT molecular complexity index is 1270. The highest BCUT2D eigenvalue weighted by Gasteiger charge is 2.28. The monoisotopic (exact) mass is 452 g/mol. The number of amides is 1. The molecule has 3 rings (SSSR count). The maximum atomic E-state index is 13.5. The fraction of sp³-hybridized carbons (Fsp3) is 0.167. The molecule has 0 saturated carbocycles. The number of hydrogen-bond acceptors (Lipinski definition) is 4. The summed E-state index contributed by atoms with van der Waals surface area (Å²) in [6.45, 7) is 5.00. The smallest absolute Gasteiger partial charge is 0.337 e. The van der Waals surface area contributed by atoms with E-state index in [-0.39, 0.29) is 16.1 Å². The molecule has 0 aromatic heterocycles. The van der Waals surface area contributed by atoms with E-state index in [1.165, 1.54) is 24.3 Å². The number of rotatable bonds is 7. The van der Waals surface area contributed by atoms with Gasteiger partial charge in [0.2, 0.25) is 5.91 Å². The molecule has 0 radical (unpaired) electrons. The van der Waals surface area contributed by atoms with Crippen LogP contribution in [0.3, 0.4) is 0 Å². The van der Waals surface area contributed by atoms with E-state index in [9.17, 15) is 23.1 Å². The summed E-state index contributed by atoms with van der Waals surface area (Å²) in [5.74, 6) is -1.85. The highest BCUT2D eigenvalue weighted by molar-refractivity contribution is 7.92. The highest BCUT2D eigenvalue weighted by Crippen LogP contribution is 2.28. The Balaban J connectivity index is 2.01. The van der Waals surface area contributed by atoms with Gasteiger partial charge in [-0.05, 0) is 56.7 Å². The highest BCUT2D eigenvalue weighted by atomic mass is 32.2. The van der Waals surface area contributed by atoms with Crippen LogP contribution in [0.25, 0.3) is 0 Å². The van der Waals surface area contributed by atoms with Crippen LogP contribution in [0.2, 0.25) is 0 Å². The molecule has 0 bridgehead atoms. The zero-order chi connectivity index (χ0) is 23.5. The van der Waals surface area contributed by atoms with Crippen molar-refractivity contribution in [3.05, 3.63) is 89.0 Å². The van der Waals surface area contributed by atoms with Crippen molar-refractivity contribution in [2.24, 2.45) is 0 Å². The number of carboxylic acid groups (broad SMARTS) is 1. The molecular formula is C24H24N2O5S. The third-order valence-electron chi connectivity index (χ3n) is 4.95. The second kappa shape index (κ2) is 9.23. The second-order valence-electron chi connectivity index (χ2n) is 7.51. The Morgan fingerprint density at radius 2 is 1.53 bits per heavy atom. The minimum atomic E-state index is -4.06. The Kier molecular flexibility index (Phi) is 6.64. The second-order valence-corrected chi connectivity index (χ2v) is 9.38. The molecule has 0 heterocycles. The first-order chi connectivity index (χ1) is 15.1. The molecule has 0 atom stereocenters. The number of nitrogens with zero attached hydrogens (tertiary/aromatic N) is 1. The van der Waals surface area contributed by atoms with Gasteiger partial charge < -0.3 is 10.4 Å². The van der Waals surface area contributed by atoms with E-state index in [1.54, 1.807) is 43.3 Å². The lowest BCUT2D eigenvalue weighted by Crippen LogP contribution is -2.38. The summed E-state index contributed by atoms with van der Waals surface area (Å²) in [6, 6.07) is 17.6. The number of aromatic carboxylic acids is 1. The molecule has 0 aliphatic rings. The Morgan fingerprint density at radius 1 is 0.906 bits per heavy atom. The summed E-state index contributed by atoms with van der Waals surface area (Å²) >= 11 is 0. The molecule has 3 aromatic carbocycles. The van der Waals surface area contributed by atoms with Crippen molar-refractivity contribution < 1.29 is 23.1 Å². The average Bonchev–Trinajstić information content (AvgIpc) is 2.73. The van der Waals surface area contributed by atoms with Crippen LogP contribution >= 0.6 is 0 Å². The van der Waals surface area contributed by atoms with Crippen LogP contribution in [0.15, 0.2) is 71.6 Å². The number of anilines is 2. The van der Waals surface area contributed by atoms with Gasteiger partial charge >= 0.3 is 5.97 Å². The molecule has 3 aromatic rings. The summed E-state index contributed by atoms with van der Waals surface area (Å²) in [5.41, 5.74) is 2.94. The van der Waals surface area contributed by atoms with Crippen LogP contribution in [0.4, 0.5) is 11.4 Å². The number of hydrogen-bond donors (Lipinski definition) is 2. The van der Waals surface area contributed by atoms with Crippen LogP contribution in [0.1, 0.15) is 27.0 Å². The first-order valence-electron chi connectivity index (χ1n) is 9.88. The van der Waals surface area contributed by atoms with Crippen molar-refractivity contribution in [3.8, 4) is 0 Å². The summed E-state index contributed by atoms with van der Waals surface area (Å²) < 4.78 is 28.0. The van der Waals surface area contributed by atoms with E-state index < -0.39 is 28.4 Å². The molecule has 0 saturated heterocycles. The molecule has 0 unspecified atom stereocenters. The molecule has 2 N–H and O–H groups in total. The van der Waals surface area contributed by atoms with Crippen molar-refractivity contribution >= 4 is 33.3 Å². The fourth-order valence-corrected chi connectivity index (χ4v) is 4.81. The molecule has 0 aliphatic carbocycles. The van der Waals surface area contributed by atoms with Gasteiger partial charge in [0, 0.05) is 0 Å². The minimum absolute atomic E-state index is 0.0572. The topological polar surface area (TPSA) is 104 Å². The van der Waals surface area contributed by atoms with Gasteiger partial charge in [-0.15, -0.1) is 0 Å². The van der Waals surface area contributed by atoms with Crippen molar-refractivity contribution in [3.63, 3.8) is 0 Å². The number of benzene rings is 3. The lowest BCUT2D eigenvalue weighted by Gasteiger charge is -2.26. The third kappa shape index (κ3) is 4.97. The molecule has 32 heavy (non-hydrogen) atoms. The zero-order valence-corrected chi connectivity index (χ0v) is 18.8. The number of carbonyl (C=O) groups is 2.